The molecule has 1 atom stereocenters. The third-order valence-corrected chi connectivity index (χ3v) is 10.8. The van der Waals surface area contributed by atoms with Crippen molar-refractivity contribution >= 4 is 21.8 Å². The highest BCUT2D eigenvalue weighted by Gasteiger charge is 2.38. The van der Waals surface area contributed by atoms with E-state index in [1.807, 2.05) is 0 Å². The maximum atomic E-state index is 7.24. The van der Waals surface area contributed by atoms with Gasteiger partial charge in [-0.15, -0.1) is 0 Å². The largest absolute Gasteiger partial charge is 0.460 e. The first-order chi connectivity index (χ1) is 25.7. The molecule has 0 saturated heterocycles. The second kappa shape index (κ2) is 12.0. The molecule has 0 fully saturated rings. The molecule has 52 heavy (non-hydrogen) atoms. The molecule has 1 aliphatic heterocycles. The van der Waals surface area contributed by atoms with Crippen LogP contribution in [0, 0.1) is 0 Å². The highest BCUT2D eigenvalue weighted by atomic mass is 16.5. The van der Waals surface area contributed by atoms with Crippen molar-refractivity contribution in [1.82, 2.24) is 4.57 Å². The summed E-state index contributed by atoms with van der Waals surface area (Å²) in [6.07, 6.45) is 7.23. The number of allylic oxidation sites excluding steroid dienone is 4. The fraction of sp³-hybridized carbons (Fsp3) is 0.0612. The Morgan fingerprint density at radius 3 is 2.12 bits per heavy atom. The molecule has 0 amide bonds. The van der Waals surface area contributed by atoms with Crippen LogP contribution in [-0.2, 0) is 5.41 Å². The molecule has 8 aromatic rings. The van der Waals surface area contributed by atoms with Crippen molar-refractivity contribution in [2.45, 2.75) is 18.8 Å². The van der Waals surface area contributed by atoms with E-state index in [-0.39, 0.29) is 0 Å². The third-order valence-electron chi connectivity index (χ3n) is 10.8. The Labute approximate surface area is 303 Å². The summed E-state index contributed by atoms with van der Waals surface area (Å²) in [6.45, 7) is 2.26. The molecule has 1 aliphatic carbocycles. The number of hydrogen-bond acceptors (Lipinski definition) is 2. The number of hydrogen-bond donors (Lipinski definition) is 0. The predicted octanol–water partition coefficient (Wildman–Crippen LogP) is 13.1. The van der Waals surface area contributed by atoms with Gasteiger partial charge in [0.1, 0.15) is 23.0 Å². The average Bonchev–Trinajstić information content (AvgIpc) is 3.53. The molecule has 0 N–H and O–H groups in total. The SMILES string of the molecule is CC12CC=CC=C1Oc1cccc(-c3ccc4c5ccccc5n(-c5ccccc5)c4c3)c1-c1cccc(-c3ccccc3)c1Oc1ccccc12. The predicted molar refractivity (Wildman–Crippen MR) is 213 cm³/mol. The fourth-order valence-electron chi connectivity index (χ4n) is 8.19. The normalized spacial score (nSPS) is 16.1. The van der Waals surface area contributed by atoms with Gasteiger partial charge < -0.3 is 14.0 Å². The lowest BCUT2D eigenvalue weighted by atomic mass is 9.75. The molecule has 0 spiro atoms. The van der Waals surface area contributed by atoms with E-state index in [9.17, 15) is 0 Å². The lowest BCUT2D eigenvalue weighted by Gasteiger charge is -2.36. The Morgan fingerprint density at radius 1 is 0.538 bits per heavy atom. The van der Waals surface area contributed by atoms with Gasteiger partial charge in [-0.3, -0.25) is 0 Å². The molecule has 7 aromatic carbocycles. The summed E-state index contributed by atoms with van der Waals surface area (Å²) < 4.78 is 16.8. The summed E-state index contributed by atoms with van der Waals surface area (Å²) in [5.41, 5.74) is 10.4. The quantitative estimate of drug-likeness (QED) is 0.187. The van der Waals surface area contributed by atoms with Gasteiger partial charge in [0.2, 0.25) is 0 Å². The zero-order valence-electron chi connectivity index (χ0n) is 28.8. The van der Waals surface area contributed by atoms with Crippen molar-refractivity contribution in [2.24, 2.45) is 0 Å². The minimum absolute atomic E-state index is 0.437. The summed E-state index contributed by atoms with van der Waals surface area (Å²) in [4.78, 5) is 0. The first-order valence-corrected chi connectivity index (χ1v) is 17.9. The van der Waals surface area contributed by atoms with E-state index in [1.165, 1.54) is 16.3 Å². The molecule has 0 radical (unpaired) electrons. The second-order valence-electron chi connectivity index (χ2n) is 13.8. The second-order valence-corrected chi connectivity index (χ2v) is 13.8. The molecule has 248 valence electrons. The smallest absolute Gasteiger partial charge is 0.143 e. The Kier molecular flexibility index (Phi) is 7.00. The van der Waals surface area contributed by atoms with Crippen LogP contribution in [0.25, 0.3) is 60.9 Å². The van der Waals surface area contributed by atoms with Gasteiger partial charge in [0, 0.05) is 38.7 Å². The Hall–Kier alpha value is -6.58. The summed E-state index contributed by atoms with van der Waals surface area (Å²) in [5.74, 6) is 3.32. The number of rotatable bonds is 3. The molecule has 1 aromatic heterocycles. The van der Waals surface area contributed by atoms with Crippen LogP contribution >= 0.6 is 0 Å². The Morgan fingerprint density at radius 2 is 1.23 bits per heavy atom. The van der Waals surface area contributed by atoms with Crippen molar-refractivity contribution < 1.29 is 9.47 Å². The summed E-state index contributed by atoms with van der Waals surface area (Å²) in [7, 11) is 0. The van der Waals surface area contributed by atoms with Crippen LogP contribution in [0.5, 0.6) is 17.2 Å². The summed E-state index contributed by atoms with van der Waals surface area (Å²) in [5, 5.41) is 2.45. The van der Waals surface area contributed by atoms with Crippen LogP contribution < -0.4 is 9.47 Å². The first kappa shape index (κ1) is 30.3. The van der Waals surface area contributed by atoms with E-state index in [1.54, 1.807) is 0 Å². The Balaban J connectivity index is 1.28. The number of nitrogens with zero attached hydrogens (tertiary/aromatic N) is 1. The number of benzene rings is 7. The van der Waals surface area contributed by atoms with E-state index in [0.717, 1.165) is 79.6 Å². The van der Waals surface area contributed by atoms with E-state index < -0.39 is 5.41 Å². The van der Waals surface area contributed by atoms with Crippen LogP contribution in [-0.4, -0.2) is 4.57 Å². The molecule has 2 heterocycles. The lowest BCUT2D eigenvalue weighted by molar-refractivity contribution is 0.314. The highest BCUT2D eigenvalue weighted by molar-refractivity contribution is 6.10. The van der Waals surface area contributed by atoms with Gasteiger partial charge >= 0.3 is 0 Å². The average molecular weight is 670 g/mol. The minimum Gasteiger partial charge on any atom is -0.460 e. The fourth-order valence-corrected chi connectivity index (χ4v) is 8.19. The molecule has 3 heteroatoms. The zero-order chi connectivity index (χ0) is 34.6. The number of aromatic nitrogens is 1. The van der Waals surface area contributed by atoms with Gasteiger partial charge in [-0.2, -0.15) is 0 Å². The van der Waals surface area contributed by atoms with Crippen LogP contribution in [0.1, 0.15) is 18.9 Å². The molecular weight excluding hydrogens is 635 g/mol. The molecular formula is C49H35NO2. The van der Waals surface area contributed by atoms with Gasteiger partial charge in [-0.1, -0.05) is 140 Å². The first-order valence-electron chi connectivity index (χ1n) is 17.9. The molecule has 0 bridgehead atoms. The van der Waals surface area contributed by atoms with E-state index in [2.05, 4.69) is 194 Å². The van der Waals surface area contributed by atoms with E-state index in [4.69, 9.17) is 9.47 Å². The molecule has 3 nitrogen and oxygen atoms in total. The van der Waals surface area contributed by atoms with E-state index in [0.29, 0.717) is 0 Å². The lowest BCUT2D eigenvalue weighted by Crippen LogP contribution is -2.29. The van der Waals surface area contributed by atoms with Crippen molar-refractivity contribution in [1.29, 1.82) is 0 Å². The third kappa shape index (κ3) is 4.74. The maximum absolute atomic E-state index is 7.24. The van der Waals surface area contributed by atoms with Crippen LogP contribution in [0.15, 0.2) is 188 Å². The Bertz CT molecular complexity index is 2720. The zero-order valence-corrected chi connectivity index (χ0v) is 28.8. The topological polar surface area (TPSA) is 23.4 Å². The van der Waals surface area contributed by atoms with Crippen LogP contribution in [0.2, 0.25) is 0 Å². The van der Waals surface area contributed by atoms with Gasteiger partial charge in [-0.25, -0.2) is 0 Å². The van der Waals surface area contributed by atoms with Crippen molar-refractivity contribution in [3.8, 4) is 56.3 Å². The summed E-state index contributed by atoms with van der Waals surface area (Å²) in [6, 6.07) is 58.0. The molecule has 0 saturated carbocycles. The van der Waals surface area contributed by atoms with Crippen LogP contribution in [0.3, 0.4) is 0 Å². The maximum Gasteiger partial charge on any atom is 0.143 e. The summed E-state index contributed by atoms with van der Waals surface area (Å²) >= 11 is 0. The van der Waals surface area contributed by atoms with E-state index >= 15 is 0 Å². The van der Waals surface area contributed by atoms with Gasteiger partial charge in [0.05, 0.1) is 16.4 Å². The van der Waals surface area contributed by atoms with Gasteiger partial charge in [0.25, 0.3) is 0 Å². The van der Waals surface area contributed by atoms with Gasteiger partial charge in [0.15, 0.2) is 0 Å². The monoisotopic (exact) mass is 669 g/mol. The number of fused-ring (bicyclic) bond motifs is 9. The number of ether oxygens (including phenoxy) is 2. The standard InChI is InChI=1S/C49H35NO2/c1-49-31-13-12-28-46(49)51-45-27-15-21-36(34-29-30-39-38-20-8-10-25-42(38)50(43(39)32-34)35-18-6-3-7-19-35)47(45)40-23-14-22-37(33-16-4-2-5-17-33)48(40)52-44-26-11-9-24-41(44)49/h2-30,32H,31H2,1H3. The van der Waals surface area contributed by atoms with Crippen molar-refractivity contribution in [3.63, 3.8) is 0 Å². The molecule has 2 aliphatic rings. The highest BCUT2D eigenvalue weighted by Crippen LogP contribution is 2.53. The molecule has 10 rings (SSSR count). The van der Waals surface area contributed by atoms with Crippen molar-refractivity contribution in [2.75, 3.05) is 0 Å². The van der Waals surface area contributed by atoms with Gasteiger partial charge in [-0.05, 0) is 72.5 Å². The number of para-hydroxylation sites is 4. The molecule has 1 unspecified atom stereocenters. The van der Waals surface area contributed by atoms with Crippen molar-refractivity contribution in [3.05, 3.63) is 193 Å². The van der Waals surface area contributed by atoms with Crippen LogP contribution in [0.4, 0.5) is 0 Å². The minimum atomic E-state index is -0.437.